The summed E-state index contributed by atoms with van der Waals surface area (Å²) >= 11 is 0. The first-order valence-electron chi connectivity index (χ1n) is 6.97. The second-order valence-corrected chi connectivity index (χ2v) is 3.76. The molecule has 0 N–H and O–H groups in total. The van der Waals surface area contributed by atoms with Gasteiger partial charge in [0.25, 0.3) is 0 Å². The first kappa shape index (κ1) is 21.2. The van der Waals surface area contributed by atoms with Gasteiger partial charge in [0.2, 0.25) is 0 Å². The molecule has 0 fully saturated rings. The molecule has 0 saturated heterocycles. The van der Waals surface area contributed by atoms with Crippen LogP contribution < -0.4 is 0 Å². The maximum absolute atomic E-state index is 11.7. The molecule has 0 rings (SSSR count). The lowest BCUT2D eigenvalue weighted by molar-refractivity contribution is 0.312. The molecule has 0 amide bonds. The van der Waals surface area contributed by atoms with Crippen LogP contribution in [-0.4, -0.2) is 31.7 Å². The lowest BCUT2D eigenvalue weighted by Crippen LogP contribution is -2.20. The average Bonchev–Trinajstić information content (AvgIpc) is 2.30. The summed E-state index contributed by atoms with van der Waals surface area (Å²) in [6, 6.07) is 0. The normalized spacial score (nSPS) is 9.00. The molecule has 0 aromatic heterocycles. The fourth-order valence-corrected chi connectivity index (χ4v) is 1.02. The Balaban J connectivity index is -0.000000289. The Morgan fingerprint density at radius 1 is 0.875 bits per heavy atom. The Morgan fingerprint density at radius 2 is 1.31 bits per heavy atom. The molecule has 102 valence electrons. The number of halogens is 1. The SMILES string of the molecule is CC.CCC.CCCCN(C)CCCCF. The molecule has 0 unspecified atom stereocenters. The highest BCUT2D eigenvalue weighted by Crippen LogP contribution is 1.96. The molecular formula is C14H34FN. The van der Waals surface area contributed by atoms with Gasteiger partial charge < -0.3 is 4.90 Å². The Labute approximate surface area is 103 Å². The zero-order chi connectivity index (χ0) is 13.2. The molecule has 0 heterocycles. The average molecular weight is 235 g/mol. The number of alkyl halides is 1. The lowest BCUT2D eigenvalue weighted by atomic mass is 10.3. The highest BCUT2D eigenvalue weighted by atomic mass is 19.1. The summed E-state index contributed by atoms with van der Waals surface area (Å²) in [7, 11) is 2.11. The van der Waals surface area contributed by atoms with Gasteiger partial charge in [-0.3, -0.25) is 4.39 Å². The van der Waals surface area contributed by atoms with Crippen molar-refractivity contribution in [2.45, 2.75) is 66.7 Å². The van der Waals surface area contributed by atoms with Crippen LogP contribution in [0.15, 0.2) is 0 Å². The molecule has 0 saturated carbocycles. The first-order valence-corrected chi connectivity index (χ1v) is 6.97. The maximum atomic E-state index is 11.7. The highest BCUT2D eigenvalue weighted by molar-refractivity contribution is 4.50. The number of unbranched alkanes of at least 4 members (excludes halogenated alkanes) is 2. The van der Waals surface area contributed by atoms with E-state index in [9.17, 15) is 4.39 Å². The van der Waals surface area contributed by atoms with Gasteiger partial charge in [-0.1, -0.05) is 47.5 Å². The van der Waals surface area contributed by atoms with Crippen molar-refractivity contribution >= 4 is 0 Å². The molecule has 0 aromatic carbocycles. The van der Waals surface area contributed by atoms with E-state index in [1.54, 1.807) is 0 Å². The topological polar surface area (TPSA) is 3.24 Å². The largest absolute Gasteiger partial charge is 0.306 e. The number of hydrogen-bond donors (Lipinski definition) is 0. The van der Waals surface area contributed by atoms with Gasteiger partial charge in [-0.2, -0.15) is 0 Å². The van der Waals surface area contributed by atoms with Crippen LogP contribution in [0.25, 0.3) is 0 Å². The van der Waals surface area contributed by atoms with Crippen molar-refractivity contribution in [3.8, 4) is 0 Å². The predicted octanol–water partition coefficient (Wildman–Crippen LogP) is 4.91. The third-order valence-electron chi connectivity index (χ3n) is 1.82. The van der Waals surface area contributed by atoms with Crippen molar-refractivity contribution in [3.63, 3.8) is 0 Å². The van der Waals surface area contributed by atoms with Crippen LogP contribution >= 0.6 is 0 Å². The molecule has 0 bridgehead atoms. The van der Waals surface area contributed by atoms with Gasteiger partial charge in [0, 0.05) is 0 Å². The van der Waals surface area contributed by atoms with E-state index in [0.29, 0.717) is 0 Å². The molecule has 16 heavy (non-hydrogen) atoms. The van der Waals surface area contributed by atoms with Crippen molar-refractivity contribution in [2.75, 3.05) is 26.8 Å². The summed E-state index contributed by atoms with van der Waals surface area (Å²) in [6.07, 6.45) is 5.47. The van der Waals surface area contributed by atoms with E-state index in [1.165, 1.54) is 19.3 Å². The van der Waals surface area contributed by atoms with Gasteiger partial charge in [-0.05, 0) is 39.4 Å². The van der Waals surface area contributed by atoms with Crippen LogP contribution in [-0.2, 0) is 0 Å². The number of hydrogen-bond acceptors (Lipinski definition) is 1. The van der Waals surface area contributed by atoms with Crippen LogP contribution in [0.1, 0.15) is 66.7 Å². The molecule has 2 heteroatoms. The third-order valence-corrected chi connectivity index (χ3v) is 1.82. The van der Waals surface area contributed by atoms with Crippen molar-refractivity contribution in [1.29, 1.82) is 0 Å². The van der Waals surface area contributed by atoms with Crippen molar-refractivity contribution in [2.24, 2.45) is 0 Å². The fraction of sp³-hybridized carbons (Fsp3) is 1.00. The van der Waals surface area contributed by atoms with Gasteiger partial charge in [0.1, 0.15) is 0 Å². The van der Waals surface area contributed by atoms with E-state index in [0.717, 1.165) is 25.9 Å². The summed E-state index contributed by atoms with van der Waals surface area (Å²) in [4.78, 5) is 2.28. The van der Waals surface area contributed by atoms with Crippen molar-refractivity contribution < 1.29 is 4.39 Å². The highest BCUT2D eigenvalue weighted by Gasteiger charge is 1.95. The second kappa shape index (κ2) is 24.2. The van der Waals surface area contributed by atoms with E-state index in [4.69, 9.17) is 0 Å². The molecule has 0 atom stereocenters. The van der Waals surface area contributed by atoms with E-state index < -0.39 is 0 Å². The quantitative estimate of drug-likeness (QED) is 0.567. The summed E-state index contributed by atoms with van der Waals surface area (Å²) in [5.41, 5.74) is 0. The Hall–Kier alpha value is -0.110. The Kier molecular flexibility index (Phi) is 32.1. The molecule has 0 spiro atoms. The van der Waals surface area contributed by atoms with Crippen LogP contribution in [0.2, 0.25) is 0 Å². The lowest BCUT2D eigenvalue weighted by Gasteiger charge is -2.14. The van der Waals surface area contributed by atoms with E-state index in [2.05, 4.69) is 32.7 Å². The van der Waals surface area contributed by atoms with Crippen LogP contribution in [0.4, 0.5) is 4.39 Å². The first-order chi connectivity index (χ1) is 7.72. The number of nitrogens with zero attached hydrogens (tertiary/aromatic N) is 1. The molecular weight excluding hydrogens is 201 g/mol. The zero-order valence-electron chi connectivity index (χ0n) is 12.5. The number of rotatable bonds is 7. The molecule has 0 aromatic rings. The molecule has 0 aliphatic rings. The fourth-order valence-electron chi connectivity index (χ4n) is 1.02. The van der Waals surface area contributed by atoms with E-state index in [-0.39, 0.29) is 6.67 Å². The summed E-state index contributed by atoms with van der Waals surface area (Å²) in [5.74, 6) is 0. The van der Waals surface area contributed by atoms with Crippen LogP contribution in [0, 0.1) is 0 Å². The Bertz CT molecular complexity index is 86.8. The van der Waals surface area contributed by atoms with Gasteiger partial charge in [-0.25, -0.2) is 0 Å². The maximum Gasteiger partial charge on any atom is 0.0894 e. The minimum Gasteiger partial charge on any atom is -0.306 e. The van der Waals surface area contributed by atoms with Crippen molar-refractivity contribution in [1.82, 2.24) is 4.90 Å². The molecule has 0 aliphatic carbocycles. The van der Waals surface area contributed by atoms with E-state index >= 15 is 0 Å². The third kappa shape index (κ3) is 29.2. The standard InChI is InChI=1S/C9H20FN.C3H8.C2H6/c1-3-4-8-11(2)9-6-5-7-10;1-3-2;1-2/h3-9H2,1-2H3;3H2,1-2H3;1-2H3. The van der Waals surface area contributed by atoms with Gasteiger partial charge >= 0.3 is 0 Å². The van der Waals surface area contributed by atoms with Crippen molar-refractivity contribution in [3.05, 3.63) is 0 Å². The smallest absolute Gasteiger partial charge is 0.0894 e. The Morgan fingerprint density at radius 3 is 1.69 bits per heavy atom. The summed E-state index contributed by atoms with van der Waals surface area (Å²) in [5, 5.41) is 0. The minimum atomic E-state index is -0.165. The van der Waals surface area contributed by atoms with Crippen LogP contribution in [0.3, 0.4) is 0 Å². The van der Waals surface area contributed by atoms with E-state index in [1.807, 2.05) is 13.8 Å². The minimum absolute atomic E-state index is 0.165. The molecule has 0 radical (unpaired) electrons. The monoisotopic (exact) mass is 235 g/mol. The van der Waals surface area contributed by atoms with Gasteiger partial charge in [-0.15, -0.1) is 0 Å². The van der Waals surface area contributed by atoms with Gasteiger partial charge in [0.15, 0.2) is 0 Å². The van der Waals surface area contributed by atoms with Crippen LogP contribution in [0.5, 0.6) is 0 Å². The zero-order valence-corrected chi connectivity index (χ0v) is 12.5. The summed E-state index contributed by atoms with van der Waals surface area (Å²) in [6.45, 7) is 12.5. The second-order valence-electron chi connectivity index (χ2n) is 3.76. The molecule has 0 aliphatic heterocycles. The molecule has 1 nitrogen and oxygen atoms in total. The predicted molar refractivity (Wildman–Crippen MR) is 74.9 cm³/mol. The summed E-state index contributed by atoms with van der Waals surface area (Å²) < 4.78 is 11.7. The van der Waals surface area contributed by atoms with Gasteiger partial charge in [0.05, 0.1) is 6.67 Å².